The number of carbonyl (C=O) groups excluding carboxylic acids is 1. The van der Waals surface area contributed by atoms with Gasteiger partial charge < -0.3 is 10.1 Å². The summed E-state index contributed by atoms with van der Waals surface area (Å²) in [5.41, 5.74) is -0.536. The molecule has 0 radical (unpaired) electrons. The van der Waals surface area contributed by atoms with Gasteiger partial charge in [-0.2, -0.15) is 0 Å². The minimum absolute atomic E-state index is 0.157. The van der Waals surface area contributed by atoms with Crippen LogP contribution in [0.3, 0.4) is 0 Å². The van der Waals surface area contributed by atoms with Crippen LogP contribution in [-0.4, -0.2) is 17.2 Å². The lowest BCUT2D eigenvalue weighted by Gasteiger charge is -2.41. The first-order valence-corrected chi connectivity index (χ1v) is 8.73. The van der Waals surface area contributed by atoms with Crippen molar-refractivity contribution in [3.8, 4) is 0 Å². The molecular formula is C19H39NO2. The maximum absolute atomic E-state index is 12.2. The summed E-state index contributed by atoms with van der Waals surface area (Å²) in [6, 6.07) is 0. The van der Waals surface area contributed by atoms with Crippen molar-refractivity contribution < 1.29 is 9.53 Å². The first kappa shape index (κ1) is 21.3. The molecule has 0 aromatic rings. The predicted octanol–water partition coefficient (Wildman–Crippen LogP) is 5.78. The summed E-state index contributed by atoms with van der Waals surface area (Å²) in [5.74, 6) is 1.21. The Morgan fingerprint density at radius 3 is 1.95 bits per heavy atom. The fraction of sp³-hybridized carbons (Fsp3) is 0.947. The largest absolute Gasteiger partial charge is 0.444 e. The maximum atomic E-state index is 12.2. The molecule has 0 aromatic heterocycles. The Labute approximate surface area is 138 Å². The molecule has 0 heterocycles. The van der Waals surface area contributed by atoms with Gasteiger partial charge in [0.15, 0.2) is 0 Å². The summed E-state index contributed by atoms with van der Waals surface area (Å²) in [4.78, 5) is 12.2. The van der Waals surface area contributed by atoms with Crippen molar-refractivity contribution in [1.82, 2.24) is 5.32 Å². The van der Waals surface area contributed by atoms with E-state index in [1.54, 1.807) is 0 Å². The first-order valence-electron chi connectivity index (χ1n) is 8.73. The number of ether oxygens (including phenoxy) is 1. The molecule has 0 spiro atoms. The Morgan fingerprint density at radius 1 is 1.05 bits per heavy atom. The van der Waals surface area contributed by atoms with Gasteiger partial charge in [-0.25, -0.2) is 4.79 Å². The molecule has 22 heavy (non-hydrogen) atoms. The second kappa shape index (κ2) is 7.70. The van der Waals surface area contributed by atoms with Crippen LogP contribution in [0.2, 0.25) is 0 Å². The third kappa shape index (κ3) is 7.51. The van der Waals surface area contributed by atoms with Crippen LogP contribution in [0.4, 0.5) is 4.79 Å². The summed E-state index contributed by atoms with van der Waals surface area (Å²) in [7, 11) is 0. The Morgan fingerprint density at radius 2 is 1.55 bits per heavy atom. The zero-order valence-corrected chi connectivity index (χ0v) is 16.6. The molecular weight excluding hydrogens is 274 g/mol. The summed E-state index contributed by atoms with van der Waals surface area (Å²) in [6.45, 7) is 21.6. The van der Waals surface area contributed by atoms with Crippen LogP contribution in [0.15, 0.2) is 0 Å². The van der Waals surface area contributed by atoms with Crippen LogP contribution in [0.25, 0.3) is 0 Å². The minimum Gasteiger partial charge on any atom is -0.444 e. The zero-order valence-electron chi connectivity index (χ0n) is 16.6. The standard InChI is InChI=1S/C19H39NO2/c1-11-12-19(9,10)22-16(21)20-18(7,8)13-17(5,6)15(4)14(2)3/h14-15H,11-13H2,1-10H3,(H,20,21). The minimum atomic E-state index is -0.407. The van der Waals surface area contributed by atoms with Gasteiger partial charge in [-0.3, -0.25) is 0 Å². The van der Waals surface area contributed by atoms with Crippen molar-refractivity contribution in [1.29, 1.82) is 0 Å². The average molecular weight is 314 g/mol. The molecule has 0 saturated carbocycles. The quantitative estimate of drug-likeness (QED) is 0.617. The van der Waals surface area contributed by atoms with Crippen molar-refractivity contribution >= 4 is 6.09 Å². The van der Waals surface area contributed by atoms with Gasteiger partial charge in [0.1, 0.15) is 5.60 Å². The molecule has 0 saturated heterocycles. The highest BCUT2D eigenvalue weighted by Gasteiger charge is 2.36. The average Bonchev–Trinajstić information content (AvgIpc) is 2.23. The number of carbonyl (C=O) groups is 1. The number of alkyl carbamates (subject to hydrolysis) is 1. The number of rotatable bonds is 8. The molecule has 0 aliphatic carbocycles. The maximum Gasteiger partial charge on any atom is 0.408 e. The Kier molecular flexibility index (Phi) is 7.44. The van der Waals surface area contributed by atoms with E-state index in [1.165, 1.54) is 0 Å². The van der Waals surface area contributed by atoms with E-state index in [-0.39, 0.29) is 17.0 Å². The molecule has 132 valence electrons. The SMILES string of the molecule is CCCC(C)(C)OC(=O)NC(C)(C)CC(C)(C)C(C)C(C)C. The molecule has 0 aromatic carbocycles. The van der Waals surface area contributed by atoms with Gasteiger partial charge in [-0.05, 0) is 57.8 Å². The molecule has 1 amide bonds. The van der Waals surface area contributed by atoms with Crippen molar-refractivity contribution in [2.24, 2.45) is 17.3 Å². The summed E-state index contributed by atoms with van der Waals surface area (Å²) in [6.07, 6.45) is 2.48. The molecule has 0 aliphatic rings. The van der Waals surface area contributed by atoms with Crippen molar-refractivity contribution in [3.05, 3.63) is 0 Å². The fourth-order valence-corrected chi connectivity index (χ4v) is 3.45. The van der Waals surface area contributed by atoms with Crippen molar-refractivity contribution in [2.75, 3.05) is 0 Å². The van der Waals surface area contributed by atoms with Crippen LogP contribution in [-0.2, 0) is 4.74 Å². The summed E-state index contributed by atoms with van der Waals surface area (Å²) in [5, 5.41) is 3.06. The van der Waals surface area contributed by atoms with Crippen LogP contribution >= 0.6 is 0 Å². The molecule has 1 unspecified atom stereocenters. The van der Waals surface area contributed by atoms with Gasteiger partial charge in [0, 0.05) is 5.54 Å². The molecule has 0 aliphatic heterocycles. The lowest BCUT2D eigenvalue weighted by atomic mass is 9.68. The van der Waals surface area contributed by atoms with Crippen molar-refractivity contribution in [3.63, 3.8) is 0 Å². The second-order valence-corrected chi connectivity index (χ2v) is 9.11. The number of amides is 1. The van der Waals surface area contributed by atoms with E-state index in [2.05, 4.69) is 60.7 Å². The van der Waals surface area contributed by atoms with E-state index in [1.807, 2.05) is 13.8 Å². The highest BCUT2D eigenvalue weighted by Crippen LogP contribution is 2.39. The smallest absolute Gasteiger partial charge is 0.408 e. The highest BCUT2D eigenvalue weighted by atomic mass is 16.6. The molecule has 3 heteroatoms. The van der Waals surface area contributed by atoms with E-state index in [0.29, 0.717) is 11.8 Å². The fourth-order valence-electron chi connectivity index (χ4n) is 3.45. The lowest BCUT2D eigenvalue weighted by molar-refractivity contribution is 0.0237. The highest BCUT2D eigenvalue weighted by molar-refractivity contribution is 5.68. The monoisotopic (exact) mass is 313 g/mol. The Hall–Kier alpha value is -0.730. The van der Waals surface area contributed by atoms with Gasteiger partial charge in [0.25, 0.3) is 0 Å². The van der Waals surface area contributed by atoms with Gasteiger partial charge >= 0.3 is 6.09 Å². The molecule has 0 bridgehead atoms. The zero-order chi connectivity index (χ0) is 17.8. The van der Waals surface area contributed by atoms with E-state index in [4.69, 9.17) is 4.74 Å². The third-order valence-electron chi connectivity index (χ3n) is 4.79. The first-order chi connectivity index (χ1) is 9.72. The van der Waals surface area contributed by atoms with Gasteiger partial charge in [0.2, 0.25) is 0 Å². The van der Waals surface area contributed by atoms with E-state index < -0.39 is 5.60 Å². The summed E-state index contributed by atoms with van der Waals surface area (Å²) >= 11 is 0. The number of nitrogens with one attached hydrogen (secondary N) is 1. The molecule has 0 fully saturated rings. The predicted molar refractivity (Wildman–Crippen MR) is 95.1 cm³/mol. The molecule has 1 atom stereocenters. The van der Waals surface area contributed by atoms with E-state index in [0.717, 1.165) is 19.3 Å². The number of hydrogen-bond acceptors (Lipinski definition) is 2. The third-order valence-corrected chi connectivity index (χ3v) is 4.79. The molecule has 0 rings (SSSR count). The topological polar surface area (TPSA) is 38.3 Å². The van der Waals surface area contributed by atoms with Crippen LogP contribution in [0, 0.1) is 17.3 Å². The normalized spacial score (nSPS) is 14.9. The van der Waals surface area contributed by atoms with E-state index >= 15 is 0 Å². The Balaban J connectivity index is 4.73. The Bertz CT molecular complexity index is 356. The second-order valence-electron chi connectivity index (χ2n) is 9.11. The van der Waals surface area contributed by atoms with Gasteiger partial charge in [-0.1, -0.05) is 48.0 Å². The lowest BCUT2D eigenvalue weighted by Crippen LogP contribution is -2.49. The van der Waals surface area contributed by atoms with Crippen LogP contribution in [0.1, 0.15) is 88.5 Å². The van der Waals surface area contributed by atoms with Crippen molar-refractivity contribution in [2.45, 2.75) is 99.6 Å². The number of hydrogen-bond donors (Lipinski definition) is 1. The van der Waals surface area contributed by atoms with Gasteiger partial charge in [-0.15, -0.1) is 0 Å². The molecule has 3 nitrogen and oxygen atoms in total. The van der Waals surface area contributed by atoms with Gasteiger partial charge in [0.05, 0.1) is 0 Å². The van der Waals surface area contributed by atoms with Crippen LogP contribution < -0.4 is 5.32 Å². The molecule has 1 N–H and O–H groups in total. The van der Waals surface area contributed by atoms with E-state index in [9.17, 15) is 4.79 Å². The van der Waals surface area contributed by atoms with Crippen LogP contribution in [0.5, 0.6) is 0 Å². The summed E-state index contributed by atoms with van der Waals surface area (Å²) < 4.78 is 5.59.